The molecule has 4 rings (SSSR count). The third-order valence-electron chi connectivity index (χ3n) is 3.76. The van der Waals surface area contributed by atoms with Crippen LogP contribution in [0.15, 0.2) is 57.7 Å². The number of fused-ring (bicyclic) bond motifs is 1. The molecule has 6 nitrogen and oxygen atoms in total. The van der Waals surface area contributed by atoms with Crippen molar-refractivity contribution in [2.45, 2.75) is 6.92 Å². The van der Waals surface area contributed by atoms with Crippen LogP contribution >= 0.6 is 0 Å². The van der Waals surface area contributed by atoms with Gasteiger partial charge in [0.25, 0.3) is 0 Å². The number of aromatic nitrogens is 2. The minimum Gasteiger partial charge on any atom is -0.478 e. The van der Waals surface area contributed by atoms with Gasteiger partial charge in [0.05, 0.1) is 10.9 Å². The minimum atomic E-state index is -1.01. The van der Waals surface area contributed by atoms with E-state index in [2.05, 4.69) is 10.1 Å². The zero-order chi connectivity index (χ0) is 16.7. The van der Waals surface area contributed by atoms with Crippen molar-refractivity contribution < 1.29 is 18.8 Å². The van der Waals surface area contributed by atoms with E-state index in [1.54, 1.807) is 6.07 Å². The number of carbonyl (C=O) groups is 1. The number of rotatable bonds is 3. The number of aryl methyl sites for hydroxylation is 1. The van der Waals surface area contributed by atoms with Crippen LogP contribution < -0.4 is 0 Å². The first-order chi connectivity index (χ1) is 11.6. The molecule has 0 aliphatic carbocycles. The summed E-state index contributed by atoms with van der Waals surface area (Å²) in [5.41, 5.74) is 3.60. The van der Waals surface area contributed by atoms with E-state index in [1.807, 2.05) is 31.2 Å². The van der Waals surface area contributed by atoms with Gasteiger partial charge in [0.15, 0.2) is 5.58 Å². The molecule has 0 aliphatic heterocycles. The van der Waals surface area contributed by atoms with Crippen LogP contribution in [-0.2, 0) is 0 Å². The first-order valence-corrected chi connectivity index (χ1v) is 7.27. The maximum atomic E-state index is 11.1. The molecule has 0 atom stereocenters. The lowest BCUT2D eigenvalue weighted by molar-refractivity contribution is 0.0697. The van der Waals surface area contributed by atoms with Crippen LogP contribution in [0.5, 0.6) is 0 Å². The Balaban J connectivity index is 1.79. The zero-order valence-corrected chi connectivity index (χ0v) is 12.7. The highest BCUT2D eigenvalue weighted by Gasteiger charge is 2.17. The molecular formula is C18H12N2O4. The van der Waals surface area contributed by atoms with Crippen LogP contribution in [-0.4, -0.2) is 21.2 Å². The quantitative estimate of drug-likeness (QED) is 0.609. The van der Waals surface area contributed by atoms with E-state index < -0.39 is 5.97 Å². The molecule has 118 valence electrons. The second-order valence-corrected chi connectivity index (χ2v) is 5.45. The Morgan fingerprint density at radius 1 is 1.12 bits per heavy atom. The third kappa shape index (κ3) is 2.34. The molecule has 0 saturated carbocycles. The fourth-order valence-electron chi connectivity index (χ4n) is 2.47. The molecule has 0 unspecified atom stereocenters. The average Bonchev–Trinajstić information content (AvgIpc) is 3.21. The highest BCUT2D eigenvalue weighted by Crippen LogP contribution is 2.30. The lowest BCUT2D eigenvalue weighted by Gasteiger charge is -1.95. The predicted octanol–water partition coefficient (Wildman–Crippen LogP) is 4.16. The predicted molar refractivity (Wildman–Crippen MR) is 86.6 cm³/mol. The monoisotopic (exact) mass is 320 g/mol. The molecule has 0 aliphatic rings. The number of carboxylic acid groups (broad SMARTS) is 1. The van der Waals surface area contributed by atoms with Crippen molar-refractivity contribution in [1.29, 1.82) is 0 Å². The highest BCUT2D eigenvalue weighted by molar-refractivity contribution is 5.97. The second kappa shape index (κ2) is 5.34. The Morgan fingerprint density at radius 2 is 1.92 bits per heavy atom. The molecule has 24 heavy (non-hydrogen) atoms. The van der Waals surface area contributed by atoms with E-state index in [1.165, 1.54) is 18.4 Å². The summed E-state index contributed by atoms with van der Waals surface area (Å²) in [4.78, 5) is 15.6. The SMILES string of the molecule is Cc1ccc(-c2nc(-c3noc4ccc(C(=O)O)cc34)co2)cc1. The Hall–Kier alpha value is -3.41. The molecule has 2 heterocycles. The Bertz CT molecular complexity index is 1040. The molecule has 0 saturated heterocycles. The number of oxazole rings is 1. The summed E-state index contributed by atoms with van der Waals surface area (Å²) in [6.07, 6.45) is 1.49. The van der Waals surface area contributed by atoms with Crippen molar-refractivity contribution in [2.24, 2.45) is 0 Å². The van der Waals surface area contributed by atoms with Gasteiger partial charge in [-0.3, -0.25) is 0 Å². The summed E-state index contributed by atoms with van der Waals surface area (Å²) < 4.78 is 10.8. The van der Waals surface area contributed by atoms with Gasteiger partial charge in [-0.2, -0.15) is 0 Å². The number of aromatic carboxylic acids is 1. The average molecular weight is 320 g/mol. The minimum absolute atomic E-state index is 0.161. The van der Waals surface area contributed by atoms with E-state index in [4.69, 9.17) is 14.0 Å². The van der Waals surface area contributed by atoms with E-state index in [9.17, 15) is 4.79 Å². The van der Waals surface area contributed by atoms with E-state index in [0.29, 0.717) is 28.2 Å². The third-order valence-corrected chi connectivity index (χ3v) is 3.76. The van der Waals surface area contributed by atoms with Crippen LogP contribution in [0.1, 0.15) is 15.9 Å². The maximum absolute atomic E-state index is 11.1. The van der Waals surface area contributed by atoms with Crippen molar-refractivity contribution in [3.8, 4) is 22.8 Å². The molecule has 0 amide bonds. The van der Waals surface area contributed by atoms with Gasteiger partial charge in [0.2, 0.25) is 5.89 Å². The topological polar surface area (TPSA) is 89.4 Å². The van der Waals surface area contributed by atoms with Gasteiger partial charge in [0, 0.05) is 5.56 Å². The fraction of sp³-hybridized carbons (Fsp3) is 0.0556. The molecule has 6 heteroatoms. The van der Waals surface area contributed by atoms with Crippen LogP contribution in [0.2, 0.25) is 0 Å². The number of hydrogen-bond donors (Lipinski definition) is 1. The lowest BCUT2D eigenvalue weighted by Crippen LogP contribution is -1.94. The first kappa shape index (κ1) is 14.2. The molecule has 0 fully saturated rings. The fourth-order valence-corrected chi connectivity index (χ4v) is 2.47. The van der Waals surface area contributed by atoms with Crippen molar-refractivity contribution in [1.82, 2.24) is 10.1 Å². The van der Waals surface area contributed by atoms with Gasteiger partial charge in [-0.25, -0.2) is 9.78 Å². The molecule has 0 radical (unpaired) electrons. The lowest BCUT2D eigenvalue weighted by atomic mass is 10.1. The van der Waals surface area contributed by atoms with Gasteiger partial charge >= 0.3 is 5.97 Å². The van der Waals surface area contributed by atoms with Crippen molar-refractivity contribution in [2.75, 3.05) is 0 Å². The first-order valence-electron chi connectivity index (χ1n) is 7.27. The van der Waals surface area contributed by atoms with Gasteiger partial charge in [-0.05, 0) is 37.3 Å². The molecule has 2 aromatic heterocycles. The molecule has 0 bridgehead atoms. The summed E-state index contributed by atoms with van der Waals surface area (Å²) in [7, 11) is 0. The van der Waals surface area contributed by atoms with E-state index in [0.717, 1.165) is 11.1 Å². The standard InChI is InChI=1S/C18H12N2O4/c1-10-2-4-11(5-3-10)17-19-14(9-23-17)16-13-8-12(18(21)22)6-7-15(13)24-20-16/h2-9H,1H3,(H,21,22). The van der Waals surface area contributed by atoms with Crippen molar-refractivity contribution >= 4 is 16.9 Å². The van der Waals surface area contributed by atoms with Crippen molar-refractivity contribution in [3.63, 3.8) is 0 Å². The van der Waals surface area contributed by atoms with Gasteiger partial charge in [-0.1, -0.05) is 22.9 Å². The van der Waals surface area contributed by atoms with E-state index in [-0.39, 0.29) is 5.56 Å². The molecule has 0 spiro atoms. The van der Waals surface area contributed by atoms with Crippen LogP contribution in [0.25, 0.3) is 33.8 Å². The summed E-state index contributed by atoms with van der Waals surface area (Å²) in [6.45, 7) is 2.01. The van der Waals surface area contributed by atoms with Crippen LogP contribution in [0, 0.1) is 6.92 Å². The number of benzene rings is 2. The Labute approximate surface area is 136 Å². The zero-order valence-electron chi connectivity index (χ0n) is 12.7. The normalized spacial score (nSPS) is 11.0. The van der Waals surface area contributed by atoms with Gasteiger partial charge in [0.1, 0.15) is 17.7 Å². The number of nitrogens with zero attached hydrogens (tertiary/aromatic N) is 2. The summed E-state index contributed by atoms with van der Waals surface area (Å²) in [6, 6.07) is 12.4. The smallest absolute Gasteiger partial charge is 0.335 e. The summed E-state index contributed by atoms with van der Waals surface area (Å²) in [5.74, 6) is -0.542. The van der Waals surface area contributed by atoms with Gasteiger partial charge in [-0.15, -0.1) is 0 Å². The molecule has 1 N–H and O–H groups in total. The van der Waals surface area contributed by atoms with Crippen LogP contribution in [0.3, 0.4) is 0 Å². The maximum Gasteiger partial charge on any atom is 0.335 e. The largest absolute Gasteiger partial charge is 0.478 e. The molecule has 2 aromatic carbocycles. The van der Waals surface area contributed by atoms with Crippen molar-refractivity contribution in [3.05, 3.63) is 59.9 Å². The Kier molecular flexibility index (Phi) is 3.16. The number of carboxylic acids is 1. The van der Waals surface area contributed by atoms with Gasteiger partial charge < -0.3 is 14.0 Å². The number of hydrogen-bond acceptors (Lipinski definition) is 5. The Morgan fingerprint density at radius 3 is 2.67 bits per heavy atom. The second-order valence-electron chi connectivity index (χ2n) is 5.45. The summed E-state index contributed by atoms with van der Waals surface area (Å²) >= 11 is 0. The summed E-state index contributed by atoms with van der Waals surface area (Å²) in [5, 5.41) is 13.7. The van der Waals surface area contributed by atoms with Crippen LogP contribution in [0.4, 0.5) is 0 Å². The van der Waals surface area contributed by atoms with E-state index >= 15 is 0 Å². The molecular weight excluding hydrogens is 308 g/mol. The molecule has 4 aromatic rings. The highest BCUT2D eigenvalue weighted by atomic mass is 16.5.